The van der Waals surface area contributed by atoms with Crippen molar-refractivity contribution in [1.82, 2.24) is 0 Å². The molecule has 1 aliphatic heterocycles. The van der Waals surface area contributed by atoms with E-state index in [0.29, 0.717) is 16.9 Å². The lowest BCUT2D eigenvalue weighted by Gasteiger charge is -2.22. The van der Waals surface area contributed by atoms with E-state index in [-0.39, 0.29) is 16.7 Å². The van der Waals surface area contributed by atoms with Crippen LogP contribution in [0.1, 0.15) is 29.8 Å². The molecule has 7 nitrogen and oxygen atoms in total. The standard InChI is InChI=1S/C20H17N3O4S/c1-11(18(24)22-15-6-4-3-5-14(15)10-21)27-20(26)13-7-8-17-16(9-13)23-19(25)12(2)28-17/h3-9,11-12H,1-2H3,(H,22,24)(H,23,25)/t11-,12-/m0/s1. The molecule has 0 aromatic heterocycles. The lowest BCUT2D eigenvalue weighted by Crippen LogP contribution is -2.30. The van der Waals surface area contributed by atoms with Gasteiger partial charge in [-0.05, 0) is 44.2 Å². The summed E-state index contributed by atoms with van der Waals surface area (Å²) in [4.78, 5) is 37.4. The molecule has 142 valence electrons. The summed E-state index contributed by atoms with van der Waals surface area (Å²) < 4.78 is 5.23. The molecule has 3 rings (SSSR count). The van der Waals surface area contributed by atoms with E-state index in [9.17, 15) is 14.4 Å². The first-order valence-corrected chi connectivity index (χ1v) is 9.39. The Labute approximate surface area is 166 Å². The summed E-state index contributed by atoms with van der Waals surface area (Å²) in [5.41, 5.74) is 1.43. The van der Waals surface area contributed by atoms with E-state index in [4.69, 9.17) is 10.00 Å². The average Bonchev–Trinajstić information content (AvgIpc) is 2.68. The first-order chi connectivity index (χ1) is 13.4. The number of hydrogen-bond acceptors (Lipinski definition) is 6. The second-order valence-corrected chi connectivity index (χ2v) is 7.54. The monoisotopic (exact) mass is 395 g/mol. The zero-order valence-electron chi connectivity index (χ0n) is 15.2. The van der Waals surface area contributed by atoms with Gasteiger partial charge in [0.2, 0.25) is 5.91 Å². The number of nitrogens with one attached hydrogen (secondary N) is 2. The van der Waals surface area contributed by atoms with Gasteiger partial charge >= 0.3 is 5.97 Å². The quantitative estimate of drug-likeness (QED) is 0.770. The van der Waals surface area contributed by atoms with Gasteiger partial charge in [0.1, 0.15) is 6.07 Å². The maximum Gasteiger partial charge on any atom is 0.338 e. The second-order valence-electron chi connectivity index (χ2n) is 6.15. The van der Waals surface area contributed by atoms with Gasteiger partial charge in [-0.2, -0.15) is 5.26 Å². The molecule has 0 spiro atoms. The van der Waals surface area contributed by atoms with Crippen LogP contribution in [-0.2, 0) is 14.3 Å². The summed E-state index contributed by atoms with van der Waals surface area (Å²) in [7, 11) is 0. The highest BCUT2D eigenvalue weighted by atomic mass is 32.2. The lowest BCUT2D eigenvalue weighted by molar-refractivity contribution is -0.123. The molecule has 0 radical (unpaired) electrons. The van der Waals surface area contributed by atoms with Crippen molar-refractivity contribution in [2.45, 2.75) is 30.1 Å². The number of rotatable bonds is 4. The number of nitrogens with zero attached hydrogens (tertiary/aromatic N) is 1. The van der Waals surface area contributed by atoms with Gasteiger partial charge in [-0.25, -0.2) is 4.79 Å². The Hall–Kier alpha value is -3.31. The highest BCUT2D eigenvalue weighted by Crippen LogP contribution is 2.36. The van der Waals surface area contributed by atoms with Crippen LogP contribution < -0.4 is 10.6 Å². The molecule has 8 heteroatoms. The Bertz CT molecular complexity index is 999. The van der Waals surface area contributed by atoms with Crippen LogP contribution in [0.3, 0.4) is 0 Å². The molecule has 2 aromatic carbocycles. The number of hydrogen-bond donors (Lipinski definition) is 2. The van der Waals surface area contributed by atoms with Crippen LogP contribution in [0.25, 0.3) is 0 Å². The van der Waals surface area contributed by atoms with E-state index in [1.165, 1.54) is 24.8 Å². The molecule has 2 aromatic rings. The Morgan fingerprint density at radius 1 is 1.29 bits per heavy atom. The smallest absolute Gasteiger partial charge is 0.338 e. The molecule has 2 atom stereocenters. The van der Waals surface area contributed by atoms with Gasteiger partial charge in [0.15, 0.2) is 6.10 Å². The molecule has 28 heavy (non-hydrogen) atoms. The molecule has 0 fully saturated rings. The Morgan fingerprint density at radius 3 is 2.79 bits per heavy atom. The van der Waals surface area contributed by atoms with Crippen LogP contribution in [0.4, 0.5) is 11.4 Å². The SMILES string of the molecule is C[C@H](OC(=O)c1ccc2c(c1)NC(=O)[C@H](C)S2)C(=O)Nc1ccccc1C#N. The topological polar surface area (TPSA) is 108 Å². The average molecular weight is 395 g/mol. The Kier molecular flexibility index (Phi) is 5.66. The van der Waals surface area contributed by atoms with Gasteiger partial charge in [0.25, 0.3) is 5.91 Å². The summed E-state index contributed by atoms with van der Waals surface area (Å²) in [5.74, 6) is -1.37. The third-order valence-corrected chi connectivity index (χ3v) is 5.28. The third-order valence-electron chi connectivity index (χ3n) is 4.10. The van der Waals surface area contributed by atoms with E-state index >= 15 is 0 Å². The van der Waals surface area contributed by atoms with Crippen molar-refractivity contribution >= 4 is 40.9 Å². The number of amides is 2. The number of benzene rings is 2. The summed E-state index contributed by atoms with van der Waals surface area (Å²) in [6.45, 7) is 3.25. The fraction of sp³-hybridized carbons (Fsp3) is 0.200. The number of para-hydroxylation sites is 1. The zero-order valence-corrected chi connectivity index (χ0v) is 16.0. The van der Waals surface area contributed by atoms with E-state index in [1.807, 2.05) is 6.07 Å². The number of carbonyl (C=O) groups is 3. The highest BCUT2D eigenvalue weighted by Gasteiger charge is 2.25. The molecule has 0 saturated heterocycles. The van der Waals surface area contributed by atoms with E-state index < -0.39 is 18.0 Å². The van der Waals surface area contributed by atoms with Crippen molar-refractivity contribution in [3.05, 3.63) is 53.6 Å². The summed E-state index contributed by atoms with van der Waals surface area (Å²) >= 11 is 1.41. The summed E-state index contributed by atoms with van der Waals surface area (Å²) in [6, 6.07) is 13.4. The minimum absolute atomic E-state index is 0.132. The van der Waals surface area contributed by atoms with Crippen LogP contribution in [0.5, 0.6) is 0 Å². The minimum atomic E-state index is -1.07. The molecule has 1 heterocycles. The molecule has 0 bridgehead atoms. The third kappa shape index (κ3) is 4.15. The first-order valence-electron chi connectivity index (χ1n) is 8.51. The van der Waals surface area contributed by atoms with E-state index in [1.54, 1.807) is 43.3 Å². The predicted molar refractivity (Wildman–Crippen MR) is 105 cm³/mol. The van der Waals surface area contributed by atoms with Crippen molar-refractivity contribution in [3.63, 3.8) is 0 Å². The van der Waals surface area contributed by atoms with E-state index in [2.05, 4.69) is 10.6 Å². The molecule has 0 saturated carbocycles. The van der Waals surface area contributed by atoms with Crippen LogP contribution in [0.2, 0.25) is 0 Å². The highest BCUT2D eigenvalue weighted by molar-refractivity contribution is 8.00. The fourth-order valence-electron chi connectivity index (χ4n) is 2.54. The molecular weight excluding hydrogens is 378 g/mol. The van der Waals surface area contributed by atoms with Crippen molar-refractivity contribution in [2.75, 3.05) is 10.6 Å². The largest absolute Gasteiger partial charge is 0.449 e. The first kappa shape index (κ1) is 19.5. The van der Waals surface area contributed by atoms with Crippen LogP contribution in [0, 0.1) is 11.3 Å². The van der Waals surface area contributed by atoms with Crippen LogP contribution >= 0.6 is 11.8 Å². The van der Waals surface area contributed by atoms with Gasteiger partial charge in [-0.15, -0.1) is 11.8 Å². The number of nitriles is 1. The van der Waals surface area contributed by atoms with Gasteiger partial charge in [-0.1, -0.05) is 12.1 Å². The molecular formula is C20H17N3O4S. The van der Waals surface area contributed by atoms with Crippen LogP contribution in [-0.4, -0.2) is 29.1 Å². The lowest BCUT2D eigenvalue weighted by atomic mass is 10.2. The van der Waals surface area contributed by atoms with Crippen molar-refractivity contribution in [2.24, 2.45) is 0 Å². The van der Waals surface area contributed by atoms with Crippen molar-refractivity contribution in [3.8, 4) is 6.07 Å². The molecule has 2 amide bonds. The number of carbonyl (C=O) groups excluding carboxylic acids is 3. The predicted octanol–water partition coefficient (Wildman–Crippen LogP) is 3.17. The number of thioether (sulfide) groups is 1. The molecule has 0 unspecified atom stereocenters. The molecule has 0 aliphatic carbocycles. The summed E-state index contributed by atoms with van der Waals surface area (Å²) in [5, 5.41) is 14.2. The van der Waals surface area contributed by atoms with Gasteiger partial charge in [0, 0.05) is 4.90 Å². The zero-order chi connectivity index (χ0) is 20.3. The Balaban J connectivity index is 1.67. The number of anilines is 2. The minimum Gasteiger partial charge on any atom is -0.449 e. The number of esters is 1. The van der Waals surface area contributed by atoms with Crippen molar-refractivity contribution in [1.29, 1.82) is 5.26 Å². The van der Waals surface area contributed by atoms with Gasteiger partial charge in [-0.3, -0.25) is 9.59 Å². The second kappa shape index (κ2) is 8.15. The maximum absolute atomic E-state index is 12.4. The number of fused-ring (bicyclic) bond motifs is 1. The number of ether oxygens (including phenoxy) is 1. The van der Waals surface area contributed by atoms with Gasteiger partial charge in [0.05, 0.1) is 27.8 Å². The molecule has 1 aliphatic rings. The normalized spacial score (nSPS) is 16.2. The van der Waals surface area contributed by atoms with Gasteiger partial charge < -0.3 is 15.4 Å². The van der Waals surface area contributed by atoms with E-state index in [0.717, 1.165) is 4.90 Å². The fourth-order valence-corrected chi connectivity index (χ4v) is 3.47. The summed E-state index contributed by atoms with van der Waals surface area (Å²) in [6.07, 6.45) is -1.07. The molecule has 2 N–H and O–H groups in total. The maximum atomic E-state index is 12.4. The Morgan fingerprint density at radius 2 is 2.04 bits per heavy atom. The van der Waals surface area contributed by atoms with Crippen LogP contribution in [0.15, 0.2) is 47.4 Å². The van der Waals surface area contributed by atoms with Crippen molar-refractivity contribution < 1.29 is 19.1 Å².